The van der Waals surface area contributed by atoms with Crippen molar-refractivity contribution in [2.75, 3.05) is 19.6 Å². The fourth-order valence-corrected chi connectivity index (χ4v) is 5.17. The Hall–Kier alpha value is -2.58. The molecule has 166 valence electrons. The largest absolute Gasteiger partial charge is 0.465 e. The number of aromatic nitrogens is 2. The molecule has 0 amide bonds. The second-order valence-corrected chi connectivity index (χ2v) is 9.75. The summed E-state index contributed by atoms with van der Waals surface area (Å²) in [6.07, 6.45) is 2.71. The Morgan fingerprint density at radius 3 is 2.78 bits per heavy atom. The molecule has 0 saturated carbocycles. The van der Waals surface area contributed by atoms with E-state index in [0.717, 1.165) is 44.8 Å². The van der Waals surface area contributed by atoms with Gasteiger partial charge >= 0.3 is 0 Å². The maximum Gasteiger partial charge on any atom is 0.198 e. The summed E-state index contributed by atoms with van der Waals surface area (Å²) in [6, 6.07) is 15.8. The third-order valence-electron chi connectivity index (χ3n) is 6.24. The highest BCUT2D eigenvalue weighted by atomic mass is 32.1. The third-order valence-corrected chi connectivity index (χ3v) is 7.19. The summed E-state index contributed by atoms with van der Waals surface area (Å²) in [4.78, 5) is 11.3. The summed E-state index contributed by atoms with van der Waals surface area (Å²) in [5.74, 6) is 0.632. The standard InChI is InChI=1S/C25H27N3O3S/c1-17-27-22-15-20(6-7-23(22)32-17)31-24(29)8-11-28-12-9-25(30,10-13-28)19-14-18-4-2-3-5-21(18)26-16-19/h2-7,14-16,24,29-30H,8-13H2,1H3. The fraction of sp³-hybridized carbons (Fsp3) is 0.360. The van der Waals surface area contributed by atoms with Gasteiger partial charge in [0, 0.05) is 49.3 Å². The van der Waals surface area contributed by atoms with Gasteiger partial charge in [-0.3, -0.25) is 4.98 Å². The fourth-order valence-electron chi connectivity index (χ4n) is 4.37. The molecule has 1 unspecified atom stereocenters. The number of benzene rings is 2. The number of rotatable bonds is 6. The zero-order valence-electron chi connectivity index (χ0n) is 18.1. The van der Waals surface area contributed by atoms with Gasteiger partial charge in [-0.2, -0.15) is 0 Å². The molecule has 0 spiro atoms. The SMILES string of the molecule is Cc1nc2cc(OC(O)CCN3CCC(O)(c4cnc5ccccc5c4)CC3)ccc2s1. The molecule has 3 heterocycles. The minimum atomic E-state index is -0.877. The minimum absolute atomic E-state index is 0.504. The van der Waals surface area contributed by atoms with E-state index in [1.807, 2.05) is 49.4 Å². The molecule has 1 fully saturated rings. The number of pyridine rings is 1. The van der Waals surface area contributed by atoms with Crippen molar-refractivity contribution in [2.24, 2.45) is 0 Å². The number of thiazole rings is 1. The van der Waals surface area contributed by atoms with Gasteiger partial charge in [0.2, 0.25) is 0 Å². The van der Waals surface area contributed by atoms with Gasteiger partial charge in [-0.1, -0.05) is 18.2 Å². The number of nitrogens with zero attached hydrogens (tertiary/aromatic N) is 3. The van der Waals surface area contributed by atoms with Gasteiger partial charge in [0.15, 0.2) is 6.29 Å². The number of fused-ring (bicyclic) bond motifs is 2. The predicted octanol–water partition coefficient (Wildman–Crippen LogP) is 4.22. The Labute approximate surface area is 191 Å². The Morgan fingerprint density at radius 2 is 1.94 bits per heavy atom. The Bertz CT molecular complexity index is 1230. The summed E-state index contributed by atoms with van der Waals surface area (Å²) in [5, 5.41) is 23.7. The van der Waals surface area contributed by atoms with E-state index in [1.54, 1.807) is 17.5 Å². The van der Waals surface area contributed by atoms with Crippen molar-refractivity contribution in [3.05, 3.63) is 65.3 Å². The summed E-state index contributed by atoms with van der Waals surface area (Å²) < 4.78 is 6.83. The molecule has 32 heavy (non-hydrogen) atoms. The number of ether oxygens (including phenoxy) is 1. The highest BCUT2D eigenvalue weighted by Gasteiger charge is 2.34. The number of hydrogen-bond acceptors (Lipinski definition) is 7. The Balaban J connectivity index is 1.14. The molecule has 1 aliphatic heterocycles. The molecule has 6 nitrogen and oxygen atoms in total. The highest BCUT2D eigenvalue weighted by molar-refractivity contribution is 7.18. The average molecular weight is 450 g/mol. The first kappa shape index (κ1) is 21.3. The molecule has 4 aromatic rings. The number of hydrogen-bond donors (Lipinski definition) is 2. The number of aliphatic hydroxyl groups is 2. The maximum atomic E-state index is 11.2. The van der Waals surface area contributed by atoms with Crippen LogP contribution in [0.2, 0.25) is 0 Å². The molecule has 0 aliphatic carbocycles. The summed E-state index contributed by atoms with van der Waals surface area (Å²) in [6.45, 7) is 4.22. The highest BCUT2D eigenvalue weighted by Crippen LogP contribution is 2.34. The number of aliphatic hydroxyl groups excluding tert-OH is 1. The topological polar surface area (TPSA) is 78.7 Å². The van der Waals surface area contributed by atoms with Gasteiger partial charge in [-0.25, -0.2) is 4.98 Å². The van der Waals surface area contributed by atoms with Gasteiger partial charge in [-0.05, 0) is 44.0 Å². The molecular weight excluding hydrogens is 422 g/mol. The van der Waals surface area contributed by atoms with E-state index in [2.05, 4.69) is 20.9 Å². The lowest BCUT2D eigenvalue weighted by molar-refractivity contribution is -0.0476. The van der Waals surface area contributed by atoms with Crippen LogP contribution in [0.25, 0.3) is 21.1 Å². The van der Waals surface area contributed by atoms with Crippen molar-refractivity contribution >= 4 is 32.5 Å². The van der Waals surface area contributed by atoms with Crippen LogP contribution in [0.1, 0.15) is 29.8 Å². The normalized spacial score (nSPS) is 17.6. The monoisotopic (exact) mass is 449 g/mol. The molecule has 0 radical (unpaired) electrons. The molecule has 0 bridgehead atoms. The zero-order valence-corrected chi connectivity index (χ0v) is 18.9. The lowest BCUT2D eigenvalue weighted by atomic mass is 9.85. The van der Waals surface area contributed by atoms with Crippen molar-refractivity contribution < 1.29 is 14.9 Å². The molecule has 1 saturated heterocycles. The lowest BCUT2D eigenvalue weighted by Crippen LogP contribution is -2.43. The van der Waals surface area contributed by atoms with Crippen LogP contribution in [-0.2, 0) is 5.60 Å². The Kier molecular flexibility index (Phi) is 5.82. The molecule has 2 aromatic heterocycles. The van der Waals surface area contributed by atoms with Gasteiger partial charge in [-0.15, -0.1) is 11.3 Å². The van der Waals surface area contributed by atoms with Crippen LogP contribution in [0.3, 0.4) is 0 Å². The first-order chi connectivity index (χ1) is 15.5. The molecular formula is C25H27N3O3S. The Morgan fingerprint density at radius 1 is 1.12 bits per heavy atom. The van der Waals surface area contributed by atoms with Crippen LogP contribution < -0.4 is 4.74 Å². The average Bonchev–Trinajstić information content (AvgIpc) is 3.17. The van der Waals surface area contributed by atoms with Crippen LogP contribution in [0.4, 0.5) is 0 Å². The second-order valence-electron chi connectivity index (χ2n) is 8.51. The van der Waals surface area contributed by atoms with Crippen LogP contribution in [0, 0.1) is 6.92 Å². The first-order valence-corrected chi connectivity index (χ1v) is 11.8. The van der Waals surface area contributed by atoms with E-state index < -0.39 is 11.9 Å². The van der Waals surface area contributed by atoms with E-state index in [-0.39, 0.29) is 0 Å². The lowest BCUT2D eigenvalue weighted by Gasteiger charge is -2.38. The quantitative estimate of drug-likeness (QED) is 0.429. The van der Waals surface area contributed by atoms with Crippen molar-refractivity contribution in [1.29, 1.82) is 0 Å². The number of likely N-dealkylation sites (tertiary alicyclic amines) is 1. The van der Waals surface area contributed by atoms with Gasteiger partial charge in [0.05, 0.1) is 26.3 Å². The van der Waals surface area contributed by atoms with Crippen molar-refractivity contribution in [3.8, 4) is 5.75 Å². The summed E-state index contributed by atoms with van der Waals surface area (Å²) in [5.41, 5.74) is 1.86. The minimum Gasteiger partial charge on any atom is -0.465 e. The second kappa shape index (κ2) is 8.75. The summed E-state index contributed by atoms with van der Waals surface area (Å²) >= 11 is 1.65. The van der Waals surface area contributed by atoms with Crippen LogP contribution >= 0.6 is 11.3 Å². The van der Waals surface area contributed by atoms with Gasteiger partial charge in [0.1, 0.15) is 5.75 Å². The van der Waals surface area contributed by atoms with E-state index >= 15 is 0 Å². The molecule has 2 aromatic carbocycles. The zero-order chi connectivity index (χ0) is 22.1. The van der Waals surface area contributed by atoms with E-state index in [1.165, 1.54) is 0 Å². The predicted molar refractivity (Wildman–Crippen MR) is 127 cm³/mol. The van der Waals surface area contributed by atoms with Crippen LogP contribution in [0.15, 0.2) is 54.7 Å². The molecule has 2 N–H and O–H groups in total. The van der Waals surface area contributed by atoms with Gasteiger partial charge < -0.3 is 19.8 Å². The van der Waals surface area contributed by atoms with Crippen molar-refractivity contribution in [1.82, 2.24) is 14.9 Å². The first-order valence-electron chi connectivity index (χ1n) is 11.0. The summed E-state index contributed by atoms with van der Waals surface area (Å²) in [7, 11) is 0. The smallest absolute Gasteiger partial charge is 0.198 e. The molecule has 1 aliphatic rings. The maximum absolute atomic E-state index is 11.2. The van der Waals surface area contributed by atoms with Crippen molar-refractivity contribution in [2.45, 2.75) is 38.1 Å². The van der Waals surface area contributed by atoms with Crippen LogP contribution in [0.5, 0.6) is 5.75 Å². The number of para-hydroxylation sites is 1. The van der Waals surface area contributed by atoms with Gasteiger partial charge in [0.25, 0.3) is 0 Å². The van der Waals surface area contributed by atoms with E-state index in [4.69, 9.17) is 4.74 Å². The molecule has 5 rings (SSSR count). The number of piperidine rings is 1. The van der Waals surface area contributed by atoms with E-state index in [0.29, 0.717) is 31.6 Å². The molecule has 1 atom stereocenters. The van der Waals surface area contributed by atoms with Crippen LogP contribution in [-0.4, -0.2) is 51.0 Å². The molecule has 7 heteroatoms. The third kappa shape index (κ3) is 4.47. The number of aryl methyl sites for hydroxylation is 1. The van der Waals surface area contributed by atoms with Crippen molar-refractivity contribution in [3.63, 3.8) is 0 Å². The van der Waals surface area contributed by atoms with E-state index in [9.17, 15) is 10.2 Å².